The lowest BCUT2D eigenvalue weighted by molar-refractivity contribution is -0.126. The van der Waals surface area contributed by atoms with Crippen molar-refractivity contribution >= 4 is 5.91 Å². The summed E-state index contributed by atoms with van der Waals surface area (Å²) < 4.78 is 5.51. The molecule has 0 atom stereocenters. The molecule has 110 valence electrons. The first kappa shape index (κ1) is 13.7. The number of pyridine rings is 1. The number of carbonyl (C=O) groups is 1. The fourth-order valence-corrected chi connectivity index (χ4v) is 2.59. The summed E-state index contributed by atoms with van der Waals surface area (Å²) in [5.41, 5.74) is 0.634. The third-order valence-corrected chi connectivity index (χ3v) is 3.74. The van der Waals surface area contributed by atoms with Gasteiger partial charge in [0.05, 0.1) is 6.54 Å². The molecule has 0 bridgehead atoms. The Morgan fingerprint density at radius 2 is 2.10 bits per heavy atom. The highest BCUT2D eigenvalue weighted by Gasteiger charge is 2.21. The van der Waals surface area contributed by atoms with E-state index in [-0.39, 0.29) is 18.4 Å². The Kier molecular flexibility index (Phi) is 4.23. The van der Waals surface area contributed by atoms with Crippen molar-refractivity contribution < 1.29 is 9.21 Å². The molecule has 0 unspecified atom stereocenters. The molecule has 2 heterocycles. The highest BCUT2D eigenvalue weighted by Crippen LogP contribution is 2.23. The molecule has 21 heavy (non-hydrogen) atoms. The van der Waals surface area contributed by atoms with Crippen molar-refractivity contribution in [2.75, 3.05) is 0 Å². The van der Waals surface area contributed by atoms with E-state index in [1.165, 1.54) is 6.42 Å². The molecule has 0 aliphatic heterocycles. The number of carbonyl (C=O) groups excluding carboxylic acids is 1. The molecule has 1 aliphatic rings. The fourth-order valence-electron chi connectivity index (χ4n) is 2.59. The summed E-state index contributed by atoms with van der Waals surface area (Å²) in [5, 5.41) is 10.8. The van der Waals surface area contributed by atoms with E-state index in [9.17, 15) is 4.79 Å². The quantitative estimate of drug-likeness (QED) is 0.933. The van der Waals surface area contributed by atoms with Gasteiger partial charge in [-0.2, -0.15) is 0 Å². The maximum Gasteiger partial charge on any atom is 0.266 e. The predicted molar refractivity (Wildman–Crippen MR) is 76.0 cm³/mol. The van der Waals surface area contributed by atoms with Gasteiger partial charge in [-0.25, -0.2) is 0 Å². The van der Waals surface area contributed by atoms with Crippen molar-refractivity contribution in [1.29, 1.82) is 0 Å². The smallest absolute Gasteiger partial charge is 0.266 e. The maximum absolute atomic E-state index is 12.0. The van der Waals surface area contributed by atoms with Gasteiger partial charge in [-0.05, 0) is 25.0 Å². The molecule has 1 fully saturated rings. The van der Waals surface area contributed by atoms with Crippen LogP contribution >= 0.6 is 0 Å². The van der Waals surface area contributed by atoms with Crippen LogP contribution in [0.2, 0.25) is 0 Å². The van der Waals surface area contributed by atoms with E-state index in [0.29, 0.717) is 17.5 Å². The van der Waals surface area contributed by atoms with E-state index < -0.39 is 0 Å². The minimum absolute atomic E-state index is 0.0901. The van der Waals surface area contributed by atoms with Gasteiger partial charge in [0.25, 0.3) is 5.89 Å². The summed E-state index contributed by atoms with van der Waals surface area (Å²) >= 11 is 0. The average molecular weight is 286 g/mol. The van der Waals surface area contributed by atoms with Crippen LogP contribution in [0.15, 0.2) is 28.8 Å². The standard InChI is InChI=1S/C15H18N4O2/c20-14(11-6-2-1-3-7-11)17-10-13-18-19-15(21-13)12-8-4-5-9-16-12/h4-5,8-9,11H,1-3,6-7,10H2,(H,17,20). The number of amides is 1. The Morgan fingerprint density at radius 1 is 1.24 bits per heavy atom. The van der Waals surface area contributed by atoms with Crippen LogP contribution < -0.4 is 5.32 Å². The summed E-state index contributed by atoms with van der Waals surface area (Å²) in [6.45, 7) is 0.273. The Balaban J connectivity index is 1.56. The van der Waals surface area contributed by atoms with Crippen LogP contribution in [0.1, 0.15) is 38.0 Å². The summed E-state index contributed by atoms with van der Waals surface area (Å²) in [6, 6.07) is 5.49. The molecular weight excluding hydrogens is 268 g/mol. The van der Waals surface area contributed by atoms with Gasteiger partial charge in [0.2, 0.25) is 11.8 Å². The highest BCUT2D eigenvalue weighted by molar-refractivity contribution is 5.78. The molecule has 0 spiro atoms. The summed E-state index contributed by atoms with van der Waals surface area (Å²) in [5.74, 6) is 1.00. The molecule has 1 N–H and O–H groups in total. The maximum atomic E-state index is 12.0. The van der Waals surface area contributed by atoms with Crippen molar-refractivity contribution in [3.05, 3.63) is 30.3 Å². The molecular formula is C15H18N4O2. The average Bonchev–Trinajstić information content (AvgIpc) is 3.03. The van der Waals surface area contributed by atoms with Crippen molar-refractivity contribution in [3.63, 3.8) is 0 Å². The van der Waals surface area contributed by atoms with Crippen LogP contribution in [0.5, 0.6) is 0 Å². The Bertz CT molecular complexity index is 591. The van der Waals surface area contributed by atoms with E-state index in [0.717, 1.165) is 25.7 Å². The van der Waals surface area contributed by atoms with Gasteiger partial charge < -0.3 is 9.73 Å². The molecule has 0 radical (unpaired) electrons. The number of rotatable bonds is 4. The molecule has 3 rings (SSSR count). The second-order valence-corrected chi connectivity index (χ2v) is 5.27. The highest BCUT2D eigenvalue weighted by atomic mass is 16.4. The molecule has 1 amide bonds. The molecule has 6 nitrogen and oxygen atoms in total. The second kappa shape index (κ2) is 6.47. The van der Waals surface area contributed by atoms with Crippen molar-refractivity contribution in [2.24, 2.45) is 5.92 Å². The first-order chi connectivity index (χ1) is 10.3. The molecule has 2 aromatic rings. The second-order valence-electron chi connectivity index (χ2n) is 5.27. The third kappa shape index (κ3) is 3.45. The number of hydrogen-bond donors (Lipinski definition) is 1. The topological polar surface area (TPSA) is 80.9 Å². The van der Waals surface area contributed by atoms with Crippen molar-refractivity contribution in [1.82, 2.24) is 20.5 Å². The normalized spacial score (nSPS) is 15.8. The minimum Gasteiger partial charge on any atom is -0.417 e. The lowest BCUT2D eigenvalue weighted by Crippen LogP contribution is -2.31. The lowest BCUT2D eigenvalue weighted by Gasteiger charge is -2.20. The first-order valence-electron chi connectivity index (χ1n) is 7.34. The molecule has 6 heteroatoms. The monoisotopic (exact) mass is 286 g/mol. The third-order valence-electron chi connectivity index (χ3n) is 3.74. The van der Waals surface area contributed by atoms with Crippen LogP contribution in [0.25, 0.3) is 11.6 Å². The summed E-state index contributed by atoms with van der Waals surface area (Å²) in [6.07, 6.45) is 7.15. The van der Waals surface area contributed by atoms with E-state index in [1.807, 2.05) is 12.1 Å². The van der Waals surface area contributed by atoms with Crippen LogP contribution in [-0.4, -0.2) is 21.1 Å². The zero-order valence-corrected chi connectivity index (χ0v) is 11.8. The largest absolute Gasteiger partial charge is 0.417 e. The predicted octanol–water partition coefficient (Wildman–Crippen LogP) is 2.33. The molecule has 0 aromatic carbocycles. The van der Waals surface area contributed by atoms with Gasteiger partial charge in [0, 0.05) is 12.1 Å². The molecule has 1 saturated carbocycles. The van der Waals surface area contributed by atoms with E-state index in [1.54, 1.807) is 12.3 Å². The minimum atomic E-state index is 0.0901. The zero-order chi connectivity index (χ0) is 14.5. The Hall–Kier alpha value is -2.24. The van der Waals surface area contributed by atoms with E-state index in [4.69, 9.17) is 4.42 Å². The summed E-state index contributed by atoms with van der Waals surface area (Å²) in [4.78, 5) is 16.2. The number of nitrogens with one attached hydrogen (secondary N) is 1. The van der Waals surface area contributed by atoms with Crippen molar-refractivity contribution in [3.8, 4) is 11.6 Å². The van der Waals surface area contributed by atoms with E-state index >= 15 is 0 Å². The Labute approximate surface area is 123 Å². The zero-order valence-electron chi connectivity index (χ0n) is 11.8. The van der Waals surface area contributed by atoms with Crippen molar-refractivity contribution in [2.45, 2.75) is 38.6 Å². The molecule has 0 saturated heterocycles. The van der Waals surface area contributed by atoms with Gasteiger partial charge in [-0.15, -0.1) is 10.2 Å². The van der Waals surface area contributed by atoms with Crippen LogP contribution in [-0.2, 0) is 11.3 Å². The molecule has 1 aliphatic carbocycles. The van der Waals surface area contributed by atoms with Gasteiger partial charge in [-0.1, -0.05) is 25.3 Å². The van der Waals surface area contributed by atoms with Gasteiger partial charge in [0.1, 0.15) is 5.69 Å². The number of aromatic nitrogens is 3. The fraction of sp³-hybridized carbons (Fsp3) is 0.467. The van der Waals surface area contributed by atoms with Gasteiger partial charge >= 0.3 is 0 Å². The number of hydrogen-bond acceptors (Lipinski definition) is 5. The number of nitrogens with zero attached hydrogens (tertiary/aromatic N) is 3. The van der Waals surface area contributed by atoms with Gasteiger partial charge in [0.15, 0.2) is 0 Å². The van der Waals surface area contributed by atoms with Crippen LogP contribution in [0.4, 0.5) is 0 Å². The summed E-state index contributed by atoms with van der Waals surface area (Å²) in [7, 11) is 0. The van der Waals surface area contributed by atoms with Crippen LogP contribution in [0, 0.1) is 5.92 Å². The van der Waals surface area contributed by atoms with E-state index in [2.05, 4.69) is 20.5 Å². The van der Waals surface area contributed by atoms with Crippen LogP contribution in [0.3, 0.4) is 0 Å². The lowest BCUT2D eigenvalue weighted by atomic mass is 9.89. The first-order valence-corrected chi connectivity index (χ1v) is 7.34. The van der Waals surface area contributed by atoms with Gasteiger partial charge in [-0.3, -0.25) is 9.78 Å². The SMILES string of the molecule is O=C(NCc1nnc(-c2ccccn2)o1)C1CCCCC1. The molecule has 2 aromatic heterocycles. The Morgan fingerprint density at radius 3 is 2.86 bits per heavy atom.